The highest BCUT2D eigenvalue weighted by molar-refractivity contribution is 5.86. The number of carbonyl (C=O) groups excluding carboxylic acids is 2. The van der Waals surface area contributed by atoms with Crippen molar-refractivity contribution in [2.75, 3.05) is 50.7 Å². The second kappa shape index (κ2) is 8.92. The second-order valence-corrected chi connectivity index (χ2v) is 8.98. The summed E-state index contributed by atoms with van der Waals surface area (Å²) in [5.74, 6) is 0.188. The van der Waals surface area contributed by atoms with Crippen molar-refractivity contribution in [2.24, 2.45) is 5.41 Å². The van der Waals surface area contributed by atoms with Crippen molar-refractivity contribution >= 4 is 17.5 Å². The van der Waals surface area contributed by atoms with Gasteiger partial charge in [0.25, 0.3) is 0 Å². The van der Waals surface area contributed by atoms with Crippen molar-refractivity contribution in [3.05, 3.63) is 30.1 Å². The molecule has 4 rings (SSSR count). The average molecular weight is 417 g/mol. The maximum absolute atomic E-state index is 13.1. The number of halogens is 1. The summed E-state index contributed by atoms with van der Waals surface area (Å²) in [4.78, 5) is 31.3. The van der Waals surface area contributed by atoms with Crippen LogP contribution >= 0.6 is 0 Å². The largest absolute Gasteiger partial charge is 0.369 e. The Labute approximate surface area is 178 Å². The number of hydrogen-bond acceptors (Lipinski definition) is 4. The molecule has 0 saturated carbocycles. The van der Waals surface area contributed by atoms with Gasteiger partial charge < -0.3 is 15.1 Å². The number of likely N-dealkylation sites (tertiary alicyclic amines) is 1. The molecule has 3 aliphatic heterocycles. The second-order valence-electron chi connectivity index (χ2n) is 8.98. The summed E-state index contributed by atoms with van der Waals surface area (Å²) < 4.78 is 13.1. The molecular formula is C23H33FN4O2. The number of amides is 2. The van der Waals surface area contributed by atoms with Crippen LogP contribution in [0.5, 0.6) is 0 Å². The van der Waals surface area contributed by atoms with Crippen LogP contribution in [0.2, 0.25) is 0 Å². The normalized spacial score (nSPS) is 24.3. The highest BCUT2D eigenvalue weighted by Crippen LogP contribution is 2.41. The fourth-order valence-corrected chi connectivity index (χ4v) is 5.19. The first-order valence-corrected chi connectivity index (χ1v) is 11.3. The average Bonchev–Trinajstić information content (AvgIpc) is 3.08. The molecule has 2 amide bonds. The van der Waals surface area contributed by atoms with E-state index in [1.54, 1.807) is 0 Å². The molecule has 6 nitrogen and oxygen atoms in total. The number of carbonyl (C=O) groups is 2. The number of piperazine rings is 1. The standard InChI is InChI=1S/C23H33FN4O2/c1-2-21(29)28-11-8-23(9-12-28)17-19(25-22(23)30)7-10-26-13-15-27(16-14-26)20-5-3-18(24)4-6-20/h3-6,19H,2,7-17H2,1H3,(H,25,30)/t19-/m0/s1. The van der Waals surface area contributed by atoms with Gasteiger partial charge >= 0.3 is 0 Å². The maximum Gasteiger partial charge on any atom is 0.226 e. The zero-order chi connectivity index (χ0) is 21.1. The SMILES string of the molecule is CCC(=O)N1CCC2(CC1)C[C@H](CCN1CCN(c3ccc(F)cc3)CC1)NC2=O. The van der Waals surface area contributed by atoms with Crippen molar-refractivity contribution in [3.63, 3.8) is 0 Å². The number of anilines is 1. The quantitative estimate of drug-likeness (QED) is 0.800. The summed E-state index contributed by atoms with van der Waals surface area (Å²) in [6.07, 6.45) is 3.99. The van der Waals surface area contributed by atoms with Crippen LogP contribution in [0.25, 0.3) is 0 Å². The van der Waals surface area contributed by atoms with Gasteiger partial charge in [-0.1, -0.05) is 6.92 Å². The van der Waals surface area contributed by atoms with Crippen molar-refractivity contribution in [1.29, 1.82) is 0 Å². The molecule has 3 heterocycles. The summed E-state index contributed by atoms with van der Waals surface area (Å²) in [7, 11) is 0. The lowest BCUT2D eigenvalue weighted by Gasteiger charge is -2.37. The Balaban J connectivity index is 1.22. The minimum atomic E-state index is -0.267. The Kier molecular flexibility index (Phi) is 6.27. The van der Waals surface area contributed by atoms with Crippen LogP contribution in [0.4, 0.5) is 10.1 Å². The zero-order valence-electron chi connectivity index (χ0n) is 17.9. The van der Waals surface area contributed by atoms with E-state index in [1.807, 2.05) is 24.0 Å². The van der Waals surface area contributed by atoms with Crippen LogP contribution in [0.3, 0.4) is 0 Å². The molecule has 3 saturated heterocycles. The van der Waals surface area contributed by atoms with E-state index in [-0.39, 0.29) is 29.1 Å². The lowest BCUT2D eigenvalue weighted by molar-refractivity contribution is -0.138. The van der Waals surface area contributed by atoms with Crippen LogP contribution in [-0.4, -0.2) is 73.5 Å². The molecule has 1 aromatic carbocycles. The number of benzene rings is 1. The molecule has 7 heteroatoms. The van der Waals surface area contributed by atoms with Crippen LogP contribution in [-0.2, 0) is 9.59 Å². The predicted molar refractivity (Wildman–Crippen MR) is 115 cm³/mol. The molecular weight excluding hydrogens is 383 g/mol. The van der Waals surface area contributed by atoms with Gasteiger partial charge in [0, 0.05) is 64.0 Å². The molecule has 1 N–H and O–H groups in total. The smallest absolute Gasteiger partial charge is 0.226 e. The van der Waals surface area contributed by atoms with Crippen molar-refractivity contribution in [2.45, 2.75) is 45.1 Å². The van der Waals surface area contributed by atoms with E-state index in [4.69, 9.17) is 0 Å². The third-order valence-corrected chi connectivity index (χ3v) is 7.19. The maximum atomic E-state index is 13.1. The van der Waals surface area contributed by atoms with Crippen LogP contribution < -0.4 is 10.2 Å². The van der Waals surface area contributed by atoms with E-state index in [2.05, 4.69) is 15.1 Å². The Morgan fingerprint density at radius 2 is 1.77 bits per heavy atom. The van der Waals surface area contributed by atoms with E-state index in [0.717, 1.165) is 64.1 Å². The molecule has 164 valence electrons. The van der Waals surface area contributed by atoms with Gasteiger partial charge in [0.15, 0.2) is 0 Å². The van der Waals surface area contributed by atoms with Crippen molar-refractivity contribution in [3.8, 4) is 0 Å². The fourth-order valence-electron chi connectivity index (χ4n) is 5.19. The molecule has 1 atom stereocenters. The Morgan fingerprint density at radius 3 is 2.40 bits per heavy atom. The molecule has 0 aromatic heterocycles. The first-order chi connectivity index (χ1) is 14.5. The lowest BCUT2D eigenvalue weighted by atomic mass is 9.75. The molecule has 3 fully saturated rings. The van der Waals surface area contributed by atoms with Crippen LogP contribution in [0.1, 0.15) is 39.0 Å². The van der Waals surface area contributed by atoms with E-state index in [0.29, 0.717) is 19.5 Å². The molecule has 0 radical (unpaired) electrons. The third kappa shape index (κ3) is 4.46. The molecule has 0 bridgehead atoms. The summed E-state index contributed by atoms with van der Waals surface area (Å²) in [6, 6.07) is 6.96. The summed E-state index contributed by atoms with van der Waals surface area (Å²) in [5, 5.41) is 3.24. The molecule has 1 spiro atoms. The van der Waals surface area contributed by atoms with Gasteiger partial charge in [-0.25, -0.2) is 4.39 Å². The van der Waals surface area contributed by atoms with Gasteiger partial charge in [0.2, 0.25) is 11.8 Å². The van der Waals surface area contributed by atoms with E-state index >= 15 is 0 Å². The Hall–Kier alpha value is -2.15. The minimum absolute atomic E-state index is 0.192. The van der Waals surface area contributed by atoms with Gasteiger partial charge in [0.1, 0.15) is 5.82 Å². The van der Waals surface area contributed by atoms with Gasteiger partial charge in [-0.05, 0) is 49.9 Å². The zero-order valence-corrected chi connectivity index (χ0v) is 17.9. The minimum Gasteiger partial charge on any atom is -0.369 e. The van der Waals surface area contributed by atoms with Gasteiger partial charge in [-0.15, -0.1) is 0 Å². The number of hydrogen-bond donors (Lipinski definition) is 1. The highest BCUT2D eigenvalue weighted by atomic mass is 19.1. The monoisotopic (exact) mass is 416 g/mol. The first-order valence-electron chi connectivity index (χ1n) is 11.3. The van der Waals surface area contributed by atoms with E-state index < -0.39 is 0 Å². The van der Waals surface area contributed by atoms with Crippen LogP contribution in [0.15, 0.2) is 24.3 Å². The molecule has 1 aromatic rings. The van der Waals surface area contributed by atoms with Crippen molar-refractivity contribution in [1.82, 2.24) is 15.1 Å². The van der Waals surface area contributed by atoms with Gasteiger partial charge in [0.05, 0.1) is 5.41 Å². The van der Waals surface area contributed by atoms with E-state index in [9.17, 15) is 14.0 Å². The number of piperidine rings is 1. The summed E-state index contributed by atoms with van der Waals surface area (Å²) in [6.45, 7) is 8.13. The Morgan fingerprint density at radius 1 is 1.10 bits per heavy atom. The first kappa shape index (κ1) is 21.1. The molecule has 0 aliphatic carbocycles. The molecule has 30 heavy (non-hydrogen) atoms. The predicted octanol–water partition coefficient (Wildman–Crippen LogP) is 2.25. The highest BCUT2D eigenvalue weighted by Gasteiger charge is 2.48. The third-order valence-electron chi connectivity index (χ3n) is 7.19. The van der Waals surface area contributed by atoms with Gasteiger partial charge in [-0.3, -0.25) is 14.5 Å². The number of nitrogens with one attached hydrogen (secondary N) is 1. The lowest BCUT2D eigenvalue weighted by Crippen LogP contribution is -2.47. The summed E-state index contributed by atoms with van der Waals surface area (Å²) >= 11 is 0. The molecule has 0 unspecified atom stereocenters. The fraction of sp³-hybridized carbons (Fsp3) is 0.652. The Bertz CT molecular complexity index is 753. The topological polar surface area (TPSA) is 55.9 Å². The van der Waals surface area contributed by atoms with Crippen LogP contribution in [0, 0.1) is 11.2 Å². The number of rotatable bonds is 5. The van der Waals surface area contributed by atoms with Gasteiger partial charge in [-0.2, -0.15) is 0 Å². The van der Waals surface area contributed by atoms with E-state index in [1.165, 1.54) is 12.1 Å². The number of nitrogens with zero attached hydrogens (tertiary/aromatic N) is 3. The molecule has 3 aliphatic rings. The van der Waals surface area contributed by atoms with Crippen molar-refractivity contribution < 1.29 is 14.0 Å². The summed E-state index contributed by atoms with van der Waals surface area (Å²) in [5.41, 5.74) is 0.810.